The molecule has 4 rings (SSSR count). The van der Waals surface area contributed by atoms with Gasteiger partial charge in [0.2, 0.25) is 5.76 Å². The molecule has 1 aromatic heterocycles. The summed E-state index contributed by atoms with van der Waals surface area (Å²) in [5.74, 6) is -0.259. The van der Waals surface area contributed by atoms with Gasteiger partial charge in [-0.05, 0) is 41.5 Å². The Labute approximate surface area is 205 Å². The zero-order chi connectivity index (χ0) is 24.9. The van der Waals surface area contributed by atoms with Crippen LogP contribution in [0.25, 0.3) is 6.08 Å². The Morgan fingerprint density at radius 1 is 1.11 bits per heavy atom. The summed E-state index contributed by atoms with van der Waals surface area (Å²) in [6.07, 6.45) is 1.48. The summed E-state index contributed by atoms with van der Waals surface area (Å²) in [6.45, 7) is 0.140. The number of carbonyl (C=O) groups is 3. The summed E-state index contributed by atoms with van der Waals surface area (Å²) in [6, 6.07) is 15.1. The maximum absolute atomic E-state index is 12.8. The van der Waals surface area contributed by atoms with Crippen LogP contribution in [-0.2, 0) is 22.7 Å². The van der Waals surface area contributed by atoms with Gasteiger partial charge in [0.1, 0.15) is 18.1 Å². The lowest BCUT2D eigenvalue weighted by Gasteiger charge is -2.13. The SMILES string of the molecule is COC(=O)c1ccc(CN2C(=O)NC(=Cc3cc(Cl)c(OCc4ccccc4)c(OC)c3)C2=O)o1. The van der Waals surface area contributed by atoms with Crippen LogP contribution in [0, 0.1) is 0 Å². The van der Waals surface area contributed by atoms with Gasteiger partial charge in [-0.1, -0.05) is 41.9 Å². The molecule has 0 unspecified atom stereocenters. The largest absolute Gasteiger partial charge is 0.493 e. The van der Waals surface area contributed by atoms with E-state index in [9.17, 15) is 14.4 Å². The van der Waals surface area contributed by atoms with E-state index in [4.69, 9.17) is 25.5 Å². The van der Waals surface area contributed by atoms with Gasteiger partial charge < -0.3 is 23.9 Å². The molecule has 3 amide bonds. The first kappa shape index (κ1) is 23.9. The fourth-order valence-electron chi connectivity index (χ4n) is 3.40. The van der Waals surface area contributed by atoms with Gasteiger partial charge in [0, 0.05) is 0 Å². The Bertz CT molecular complexity index is 1300. The molecule has 0 bridgehead atoms. The highest BCUT2D eigenvalue weighted by Gasteiger charge is 2.34. The Hall–Kier alpha value is -4.24. The van der Waals surface area contributed by atoms with E-state index in [1.807, 2.05) is 30.3 Å². The molecule has 0 spiro atoms. The van der Waals surface area contributed by atoms with Crippen molar-refractivity contribution in [3.63, 3.8) is 0 Å². The number of halogens is 1. The smallest absolute Gasteiger partial charge is 0.373 e. The average Bonchev–Trinajstić information content (AvgIpc) is 3.43. The zero-order valence-electron chi connectivity index (χ0n) is 18.9. The van der Waals surface area contributed by atoms with E-state index < -0.39 is 17.9 Å². The lowest BCUT2D eigenvalue weighted by Crippen LogP contribution is -2.30. The molecular formula is C25H21ClN2O7. The van der Waals surface area contributed by atoms with Crippen LogP contribution in [0.1, 0.15) is 27.4 Å². The predicted molar refractivity (Wildman–Crippen MR) is 126 cm³/mol. The van der Waals surface area contributed by atoms with Crippen LogP contribution < -0.4 is 14.8 Å². The van der Waals surface area contributed by atoms with E-state index >= 15 is 0 Å². The second-order valence-electron chi connectivity index (χ2n) is 7.45. The number of ether oxygens (including phenoxy) is 3. The minimum Gasteiger partial charge on any atom is -0.493 e. The van der Waals surface area contributed by atoms with Gasteiger partial charge in [0.25, 0.3) is 5.91 Å². The molecule has 0 radical (unpaired) electrons. The molecule has 0 atom stereocenters. The zero-order valence-corrected chi connectivity index (χ0v) is 19.6. The second kappa shape index (κ2) is 10.4. The Morgan fingerprint density at radius 3 is 2.60 bits per heavy atom. The number of urea groups is 1. The highest BCUT2D eigenvalue weighted by Crippen LogP contribution is 2.37. The lowest BCUT2D eigenvalue weighted by atomic mass is 10.1. The van der Waals surface area contributed by atoms with Gasteiger partial charge in [-0.15, -0.1) is 0 Å². The third-order valence-electron chi connectivity index (χ3n) is 5.11. The number of nitrogens with one attached hydrogen (secondary N) is 1. The molecule has 2 heterocycles. The maximum atomic E-state index is 12.8. The van der Waals surface area contributed by atoms with E-state index in [0.29, 0.717) is 23.7 Å². The summed E-state index contributed by atoms with van der Waals surface area (Å²) in [5, 5.41) is 2.82. The van der Waals surface area contributed by atoms with Crippen molar-refractivity contribution in [1.29, 1.82) is 0 Å². The number of imide groups is 1. The fraction of sp³-hybridized carbons (Fsp3) is 0.160. The van der Waals surface area contributed by atoms with Crippen LogP contribution in [0.3, 0.4) is 0 Å². The molecule has 9 nitrogen and oxygen atoms in total. The highest BCUT2D eigenvalue weighted by molar-refractivity contribution is 6.32. The number of rotatable bonds is 8. The van der Waals surface area contributed by atoms with Crippen molar-refractivity contribution in [2.24, 2.45) is 0 Å². The average molecular weight is 497 g/mol. The van der Waals surface area contributed by atoms with E-state index in [-0.39, 0.29) is 28.8 Å². The third kappa shape index (κ3) is 5.30. The Kier molecular flexibility index (Phi) is 7.07. The molecule has 180 valence electrons. The molecule has 0 saturated carbocycles. The topological polar surface area (TPSA) is 107 Å². The minimum absolute atomic E-state index is 0.0263. The quantitative estimate of drug-likeness (QED) is 0.280. The van der Waals surface area contributed by atoms with Crippen molar-refractivity contribution in [3.05, 3.63) is 88.0 Å². The van der Waals surface area contributed by atoms with Crippen LogP contribution >= 0.6 is 11.6 Å². The second-order valence-corrected chi connectivity index (χ2v) is 7.85. The van der Waals surface area contributed by atoms with Crippen LogP contribution in [-0.4, -0.2) is 37.0 Å². The maximum Gasteiger partial charge on any atom is 0.373 e. The summed E-state index contributed by atoms with van der Waals surface area (Å²) < 4.78 is 21.2. The summed E-state index contributed by atoms with van der Waals surface area (Å²) >= 11 is 6.44. The van der Waals surface area contributed by atoms with E-state index in [1.165, 1.54) is 32.4 Å². The van der Waals surface area contributed by atoms with Gasteiger partial charge in [-0.2, -0.15) is 0 Å². The molecule has 0 aliphatic carbocycles. The number of hydrogen-bond acceptors (Lipinski definition) is 7. The summed E-state index contributed by atoms with van der Waals surface area (Å²) in [5.41, 5.74) is 1.53. The molecule has 1 saturated heterocycles. The van der Waals surface area contributed by atoms with E-state index in [2.05, 4.69) is 10.1 Å². The number of hydrogen-bond donors (Lipinski definition) is 1. The standard InChI is InChI=1S/C25H21ClN2O7/c1-32-21-12-16(10-18(26)22(21)34-14-15-6-4-3-5-7-15)11-19-23(29)28(25(31)27-19)13-17-8-9-20(35-17)24(30)33-2/h3-12H,13-14H2,1-2H3,(H,27,31). The first-order chi connectivity index (χ1) is 16.9. The van der Waals surface area contributed by atoms with Crippen molar-refractivity contribution < 1.29 is 33.0 Å². The number of nitrogens with zero attached hydrogens (tertiary/aromatic N) is 1. The van der Waals surface area contributed by atoms with Crippen molar-refractivity contribution in [3.8, 4) is 11.5 Å². The van der Waals surface area contributed by atoms with Gasteiger partial charge in [-0.3, -0.25) is 9.69 Å². The molecule has 1 fully saturated rings. The molecule has 2 aromatic carbocycles. The summed E-state index contributed by atoms with van der Waals surface area (Å²) in [7, 11) is 2.70. The number of benzene rings is 2. The van der Waals surface area contributed by atoms with Crippen LogP contribution in [0.15, 0.2) is 64.7 Å². The van der Waals surface area contributed by atoms with Gasteiger partial charge in [0.15, 0.2) is 11.5 Å². The van der Waals surface area contributed by atoms with E-state index in [0.717, 1.165) is 10.5 Å². The van der Waals surface area contributed by atoms with Crippen LogP contribution in [0.4, 0.5) is 4.79 Å². The van der Waals surface area contributed by atoms with Crippen molar-refractivity contribution in [1.82, 2.24) is 10.2 Å². The predicted octanol–water partition coefficient (Wildman–Crippen LogP) is 4.40. The molecule has 1 aliphatic heterocycles. The molecule has 35 heavy (non-hydrogen) atoms. The number of carbonyl (C=O) groups excluding carboxylic acids is 3. The highest BCUT2D eigenvalue weighted by atomic mass is 35.5. The Balaban J connectivity index is 1.51. The van der Waals surface area contributed by atoms with Crippen molar-refractivity contribution in [2.45, 2.75) is 13.2 Å². The van der Waals surface area contributed by atoms with Gasteiger partial charge in [0.05, 0.1) is 25.8 Å². The summed E-state index contributed by atoms with van der Waals surface area (Å²) in [4.78, 5) is 37.7. The fourth-order valence-corrected chi connectivity index (χ4v) is 3.68. The third-order valence-corrected chi connectivity index (χ3v) is 5.39. The lowest BCUT2D eigenvalue weighted by molar-refractivity contribution is -0.123. The van der Waals surface area contributed by atoms with Crippen molar-refractivity contribution >= 4 is 35.6 Å². The van der Waals surface area contributed by atoms with Crippen LogP contribution in [0.2, 0.25) is 5.02 Å². The number of furan rings is 1. The number of amides is 3. The molecular weight excluding hydrogens is 476 g/mol. The minimum atomic E-state index is -0.656. The normalized spacial score (nSPS) is 14.3. The first-order valence-corrected chi connectivity index (χ1v) is 10.8. The molecule has 3 aromatic rings. The first-order valence-electron chi connectivity index (χ1n) is 10.5. The van der Waals surface area contributed by atoms with Crippen LogP contribution in [0.5, 0.6) is 11.5 Å². The Morgan fingerprint density at radius 2 is 1.89 bits per heavy atom. The molecule has 1 N–H and O–H groups in total. The van der Waals surface area contributed by atoms with Crippen molar-refractivity contribution in [2.75, 3.05) is 14.2 Å². The monoisotopic (exact) mass is 496 g/mol. The number of methoxy groups -OCH3 is 2. The molecule has 10 heteroatoms. The molecule has 1 aliphatic rings. The number of esters is 1. The van der Waals surface area contributed by atoms with Gasteiger partial charge >= 0.3 is 12.0 Å². The van der Waals surface area contributed by atoms with E-state index in [1.54, 1.807) is 12.1 Å². The van der Waals surface area contributed by atoms with Gasteiger partial charge in [-0.25, -0.2) is 9.59 Å².